The van der Waals surface area contributed by atoms with Crippen LogP contribution in [0.5, 0.6) is 0 Å². The van der Waals surface area contributed by atoms with Crippen LogP contribution in [0.3, 0.4) is 0 Å². The maximum absolute atomic E-state index is 13.1. The fraction of sp³-hybridized carbons (Fsp3) is 0.500. The van der Waals surface area contributed by atoms with Gasteiger partial charge in [-0.3, -0.25) is 14.8 Å². The molecule has 2 aliphatic heterocycles. The molecule has 5 nitrogen and oxygen atoms in total. The van der Waals surface area contributed by atoms with Crippen molar-refractivity contribution in [2.45, 2.75) is 38.1 Å². The van der Waals surface area contributed by atoms with E-state index >= 15 is 0 Å². The Balaban J connectivity index is 1.41. The molecule has 5 heteroatoms. The number of rotatable bonds is 1. The van der Waals surface area contributed by atoms with Crippen molar-refractivity contribution in [3.05, 3.63) is 52.3 Å². The molecule has 1 amide bonds. The number of aryl methyl sites for hydroxylation is 1. The highest BCUT2D eigenvalue weighted by Crippen LogP contribution is 2.33. The highest BCUT2D eigenvalue weighted by atomic mass is 16.2. The zero-order chi connectivity index (χ0) is 16.8. The van der Waals surface area contributed by atoms with E-state index in [1.165, 1.54) is 28.8 Å². The van der Waals surface area contributed by atoms with Crippen LogP contribution in [0, 0.1) is 0 Å². The molecule has 1 fully saturated rings. The average molecular weight is 336 g/mol. The Morgan fingerprint density at radius 2 is 1.96 bits per heavy atom. The highest BCUT2D eigenvalue weighted by molar-refractivity contribution is 5.94. The Bertz CT molecular complexity index is 812. The monoisotopic (exact) mass is 336 g/mol. The summed E-state index contributed by atoms with van der Waals surface area (Å²) in [5.41, 5.74) is 5.86. The van der Waals surface area contributed by atoms with Crippen molar-refractivity contribution in [2.24, 2.45) is 0 Å². The molecule has 3 heterocycles. The minimum absolute atomic E-state index is 0.113. The molecule has 1 saturated heterocycles. The summed E-state index contributed by atoms with van der Waals surface area (Å²) in [6.07, 6.45) is 5.49. The summed E-state index contributed by atoms with van der Waals surface area (Å²) in [6.45, 7) is 3.63. The van der Waals surface area contributed by atoms with E-state index in [0.717, 1.165) is 51.9 Å². The van der Waals surface area contributed by atoms with Crippen LogP contribution in [0.4, 0.5) is 0 Å². The van der Waals surface area contributed by atoms with Gasteiger partial charge in [0.1, 0.15) is 0 Å². The van der Waals surface area contributed by atoms with Gasteiger partial charge in [0.15, 0.2) is 5.69 Å². The predicted molar refractivity (Wildman–Crippen MR) is 95.6 cm³/mol. The first-order chi connectivity index (χ1) is 12.3. The summed E-state index contributed by atoms with van der Waals surface area (Å²) in [4.78, 5) is 17.7. The second-order valence-electron chi connectivity index (χ2n) is 7.49. The Morgan fingerprint density at radius 1 is 1.08 bits per heavy atom. The van der Waals surface area contributed by atoms with Crippen molar-refractivity contribution in [2.75, 3.05) is 26.2 Å². The van der Waals surface area contributed by atoms with Crippen LogP contribution in [-0.2, 0) is 19.3 Å². The summed E-state index contributed by atoms with van der Waals surface area (Å²) >= 11 is 0. The van der Waals surface area contributed by atoms with E-state index in [-0.39, 0.29) is 5.91 Å². The van der Waals surface area contributed by atoms with Crippen molar-refractivity contribution >= 4 is 5.91 Å². The van der Waals surface area contributed by atoms with Crippen molar-refractivity contribution in [3.63, 3.8) is 0 Å². The highest BCUT2D eigenvalue weighted by Gasteiger charge is 2.35. The third-order valence-electron chi connectivity index (χ3n) is 6.12. The topological polar surface area (TPSA) is 52.2 Å². The van der Waals surface area contributed by atoms with Gasteiger partial charge < -0.3 is 4.90 Å². The van der Waals surface area contributed by atoms with E-state index in [0.29, 0.717) is 11.7 Å². The van der Waals surface area contributed by atoms with Gasteiger partial charge in [-0.2, -0.15) is 5.10 Å². The van der Waals surface area contributed by atoms with Gasteiger partial charge in [-0.25, -0.2) is 0 Å². The summed E-state index contributed by atoms with van der Waals surface area (Å²) in [5, 5.41) is 7.50. The number of hydrogen-bond donors (Lipinski definition) is 1. The fourth-order valence-electron chi connectivity index (χ4n) is 4.73. The van der Waals surface area contributed by atoms with E-state index in [1.54, 1.807) is 0 Å². The molecule has 3 aliphatic rings. The van der Waals surface area contributed by atoms with Gasteiger partial charge in [0.25, 0.3) is 5.91 Å². The molecule has 5 rings (SSSR count). The first kappa shape index (κ1) is 15.1. The molecule has 0 radical (unpaired) electrons. The van der Waals surface area contributed by atoms with Gasteiger partial charge in [-0.1, -0.05) is 24.3 Å². The van der Waals surface area contributed by atoms with E-state index < -0.39 is 0 Å². The Morgan fingerprint density at radius 3 is 2.92 bits per heavy atom. The molecule has 25 heavy (non-hydrogen) atoms. The number of H-pyrrole nitrogens is 1. The van der Waals surface area contributed by atoms with E-state index in [9.17, 15) is 4.79 Å². The standard InChI is InChI=1S/C20H24N4O/c25-20(19-16-7-3-4-8-17(16)21-22-19)24-12-11-23-10-9-14-5-1-2-6-15(14)18(23)13-24/h1-2,5-6,18H,3-4,7-13H2,(H,21,22). The lowest BCUT2D eigenvalue weighted by atomic mass is 9.90. The number of piperazine rings is 1. The smallest absolute Gasteiger partial charge is 0.274 e. The number of carbonyl (C=O) groups is 1. The van der Waals surface area contributed by atoms with Crippen LogP contribution in [0.1, 0.15) is 51.8 Å². The van der Waals surface area contributed by atoms with Gasteiger partial charge in [-0.05, 0) is 43.2 Å². The minimum atomic E-state index is 0.113. The molecule has 1 aromatic heterocycles. The molecule has 1 unspecified atom stereocenters. The summed E-state index contributed by atoms with van der Waals surface area (Å²) < 4.78 is 0. The predicted octanol–water partition coefficient (Wildman–Crippen LogP) is 2.34. The molecule has 0 spiro atoms. The Kier molecular flexibility index (Phi) is 3.63. The van der Waals surface area contributed by atoms with Crippen LogP contribution >= 0.6 is 0 Å². The van der Waals surface area contributed by atoms with E-state index in [1.807, 2.05) is 4.90 Å². The van der Waals surface area contributed by atoms with Gasteiger partial charge in [0.2, 0.25) is 0 Å². The number of aromatic nitrogens is 2. The van der Waals surface area contributed by atoms with Crippen LogP contribution in [0.25, 0.3) is 0 Å². The van der Waals surface area contributed by atoms with Crippen LogP contribution < -0.4 is 0 Å². The zero-order valence-corrected chi connectivity index (χ0v) is 14.5. The third kappa shape index (κ3) is 2.49. The number of nitrogens with one attached hydrogen (secondary N) is 1. The lowest BCUT2D eigenvalue weighted by molar-refractivity contribution is 0.0448. The van der Waals surface area contributed by atoms with Crippen molar-refractivity contribution < 1.29 is 4.79 Å². The van der Waals surface area contributed by atoms with E-state index in [2.05, 4.69) is 39.4 Å². The molecule has 2 aromatic rings. The molecule has 1 aliphatic carbocycles. The largest absolute Gasteiger partial charge is 0.334 e. The summed E-state index contributed by atoms with van der Waals surface area (Å²) in [6, 6.07) is 9.04. The fourth-order valence-corrected chi connectivity index (χ4v) is 4.73. The molecule has 0 bridgehead atoms. The molecule has 1 N–H and O–H groups in total. The first-order valence-electron chi connectivity index (χ1n) is 9.48. The molecule has 1 atom stereocenters. The first-order valence-corrected chi connectivity index (χ1v) is 9.48. The Hall–Kier alpha value is -2.14. The molecule has 0 saturated carbocycles. The number of nitrogens with zero attached hydrogens (tertiary/aromatic N) is 3. The lowest BCUT2D eigenvalue weighted by Crippen LogP contribution is -2.52. The number of carbonyl (C=O) groups excluding carboxylic acids is 1. The van der Waals surface area contributed by atoms with Gasteiger partial charge in [0.05, 0.1) is 6.04 Å². The molecule has 1 aromatic carbocycles. The molecule has 130 valence electrons. The second kappa shape index (κ2) is 5.99. The second-order valence-corrected chi connectivity index (χ2v) is 7.49. The van der Waals surface area contributed by atoms with E-state index in [4.69, 9.17) is 0 Å². The number of aromatic amines is 1. The quantitative estimate of drug-likeness (QED) is 0.870. The minimum Gasteiger partial charge on any atom is -0.334 e. The summed E-state index contributed by atoms with van der Waals surface area (Å²) in [5.74, 6) is 0.113. The number of hydrogen-bond acceptors (Lipinski definition) is 3. The number of amides is 1. The maximum atomic E-state index is 13.1. The maximum Gasteiger partial charge on any atom is 0.274 e. The van der Waals surface area contributed by atoms with Gasteiger partial charge in [0, 0.05) is 37.4 Å². The molecular weight excluding hydrogens is 312 g/mol. The van der Waals surface area contributed by atoms with Crippen molar-refractivity contribution in [1.82, 2.24) is 20.0 Å². The lowest BCUT2D eigenvalue weighted by Gasteiger charge is -2.44. The van der Waals surface area contributed by atoms with Gasteiger partial charge in [-0.15, -0.1) is 0 Å². The Labute approximate surface area is 148 Å². The van der Waals surface area contributed by atoms with Crippen LogP contribution in [0.15, 0.2) is 24.3 Å². The normalized spacial score (nSPS) is 22.9. The molecular formula is C20H24N4O. The van der Waals surface area contributed by atoms with Crippen molar-refractivity contribution in [1.29, 1.82) is 0 Å². The van der Waals surface area contributed by atoms with Crippen molar-refractivity contribution in [3.8, 4) is 0 Å². The third-order valence-corrected chi connectivity index (χ3v) is 6.12. The SMILES string of the molecule is O=C(c1n[nH]c2c1CCCC2)N1CCN2CCc3ccccc3C2C1. The van der Waals surface area contributed by atoms with Gasteiger partial charge >= 0.3 is 0 Å². The zero-order valence-electron chi connectivity index (χ0n) is 14.5. The summed E-state index contributed by atoms with van der Waals surface area (Å²) in [7, 11) is 0. The van der Waals surface area contributed by atoms with Crippen LogP contribution in [0.2, 0.25) is 0 Å². The van der Waals surface area contributed by atoms with Crippen LogP contribution in [-0.4, -0.2) is 52.1 Å². The average Bonchev–Trinajstić information content (AvgIpc) is 3.11. The number of benzene rings is 1. The number of fused-ring (bicyclic) bond motifs is 4.